The molecule has 0 bridgehead atoms. The molecule has 0 atom stereocenters. The van der Waals surface area contributed by atoms with Gasteiger partial charge in [0.15, 0.2) is 0 Å². The van der Waals surface area contributed by atoms with E-state index in [1.54, 1.807) is 0 Å². The van der Waals surface area contributed by atoms with Crippen LogP contribution in [0.1, 0.15) is 5.56 Å². The first-order valence-corrected chi connectivity index (χ1v) is 4.11. The highest BCUT2D eigenvalue weighted by Gasteiger charge is 2.05. The van der Waals surface area contributed by atoms with Crippen molar-refractivity contribution in [3.63, 3.8) is 0 Å². The van der Waals surface area contributed by atoms with Crippen LogP contribution in [0.3, 0.4) is 0 Å². The van der Waals surface area contributed by atoms with Gasteiger partial charge in [0.25, 0.3) is 6.43 Å². The van der Waals surface area contributed by atoms with Crippen molar-refractivity contribution in [1.82, 2.24) is 0 Å². The summed E-state index contributed by atoms with van der Waals surface area (Å²) in [6.07, 6.45) is -2.54. The highest BCUT2D eigenvalue weighted by molar-refractivity contribution is 6.30. The predicted molar refractivity (Wildman–Crippen MR) is 47.7 cm³/mol. The molecule has 0 radical (unpaired) electrons. The van der Waals surface area contributed by atoms with Crippen LogP contribution < -0.4 is 4.74 Å². The normalized spacial score (nSPS) is 9.93. The van der Waals surface area contributed by atoms with E-state index in [1.807, 2.05) is 6.07 Å². The largest absolute Gasteiger partial charge is 0.488 e. The number of hydrogen-bond acceptors (Lipinski definition) is 2. The summed E-state index contributed by atoms with van der Waals surface area (Å²) in [7, 11) is 0. The fourth-order valence-corrected chi connectivity index (χ4v) is 1.09. The first-order chi connectivity index (χ1) is 6.61. The molecule has 0 aliphatic heterocycles. The summed E-state index contributed by atoms with van der Waals surface area (Å²) in [5.41, 5.74) is 0.279. The number of ether oxygens (including phenoxy) is 1. The Morgan fingerprint density at radius 3 is 2.71 bits per heavy atom. The van der Waals surface area contributed by atoms with Gasteiger partial charge in [0.1, 0.15) is 12.4 Å². The van der Waals surface area contributed by atoms with Crippen molar-refractivity contribution in [3.05, 3.63) is 28.8 Å². The van der Waals surface area contributed by atoms with Gasteiger partial charge < -0.3 is 4.74 Å². The van der Waals surface area contributed by atoms with Gasteiger partial charge in [-0.05, 0) is 18.2 Å². The molecule has 74 valence electrons. The summed E-state index contributed by atoms with van der Waals surface area (Å²) in [6, 6.07) is 6.01. The monoisotopic (exact) mass is 217 g/mol. The average molecular weight is 218 g/mol. The fourth-order valence-electron chi connectivity index (χ4n) is 0.870. The van der Waals surface area contributed by atoms with Crippen molar-refractivity contribution >= 4 is 11.6 Å². The molecule has 2 nitrogen and oxygen atoms in total. The van der Waals surface area contributed by atoms with E-state index in [9.17, 15) is 8.78 Å². The Kier molecular flexibility index (Phi) is 3.66. The third kappa shape index (κ3) is 3.19. The zero-order chi connectivity index (χ0) is 10.6. The van der Waals surface area contributed by atoms with Gasteiger partial charge in [0.2, 0.25) is 0 Å². The van der Waals surface area contributed by atoms with Crippen LogP contribution in [0.2, 0.25) is 5.02 Å². The minimum atomic E-state index is -2.54. The van der Waals surface area contributed by atoms with Crippen molar-refractivity contribution in [2.75, 3.05) is 6.61 Å². The number of nitrogens with zero attached hydrogens (tertiary/aromatic N) is 1. The Balaban J connectivity index is 2.78. The number of nitriles is 1. The molecule has 14 heavy (non-hydrogen) atoms. The van der Waals surface area contributed by atoms with Crippen molar-refractivity contribution < 1.29 is 13.5 Å². The molecule has 1 aromatic rings. The SMILES string of the molecule is N#Cc1cc(Cl)cc(OCC(F)F)c1. The zero-order valence-corrected chi connectivity index (χ0v) is 7.76. The van der Waals surface area contributed by atoms with Crippen LogP contribution in [0.25, 0.3) is 0 Å². The molecule has 1 rings (SSSR count). The lowest BCUT2D eigenvalue weighted by Crippen LogP contribution is -2.06. The molecule has 0 aromatic heterocycles. The van der Waals surface area contributed by atoms with Gasteiger partial charge in [-0.25, -0.2) is 8.78 Å². The van der Waals surface area contributed by atoms with Crippen LogP contribution in [0.15, 0.2) is 18.2 Å². The minimum Gasteiger partial charge on any atom is -0.488 e. The molecular weight excluding hydrogens is 212 g/mol. The molecule has 0 aliphatic rings. The summed E-state index contributed by atoms with van der Waals surface area (Å²) in [5, 5.41) is 8.84. The molecule has 0 amide bonds. The number of halogens is 3. The van der Waals surface area contributed by atoms with E-state index in [0.29, 0.717) is 0 Å². The van der Waals surface area contributed by atoms with E-state index in [4.69, 9.17) is 21.6 Å². The standard InChI is InChI=1S/C9H6ClF2NO/c10-7-1-6(4-13)2-8(3-7)14-5-9(11)12/h1-3,9H,5H2. The number of alkyl halides is 2. The smallest absolute Gasteiger partial charge is 0.272 e. The fraction of sp³-hybridized carbons (Fsp3) is 0.222. The predicted octanol–water partition coefficient (Wildman–Crippen LogP) is 2.86. The topological polar surface area (TPSA) is 33.0 Å². The highest BCUT2D eigenvalue weighted by atomic mass is 35.5. The summed E-state index contributed by atoms with van der Waals surface area (Å²) in [5.74, 6) is 0.175. The Morgan fingerprint density at radius 1 is 1.43 bits per heavy atom. The van der Waals surface area contributed by atoms with Crippen molar-refractivity contribution in [1.29, 1.82) is 5.26 Å². The van der Waals surface area contributed by atoms with E-state index in [-0.39, 0.29) is 16.3 Å². The molecule has 0 aliphatic carbocycles. The Labute approximate surface area is 84.7 Å². The van der Waals surface area contributed by atoms with E-state index < -0.39 is 13.0 Å². The molecule has 0 heterocycles. The molecule has 0 unspecified atom stereocenters. The summed E-state index contributed by atoms with van der Waals surface area (Å²) in [4.78, 5) is 0. The van der Waals surface area contributed by atoms with Gasteiger partial charge in [-0.3, -0.25) is 0 Å². The van der Waals surface area contributed by atoms with Crippen LogP contribution in [0, 0.1) is 11.3 Å². The summed E-state index contributed by atoms with van der Waals surface area (Å²) < 4.78 is 28.3. The number of hydrogen-bond donors (Lipinski definition) is 0. The lowest BCUT2D eigenvalue weighted by atomic mass is 10.2. The third-order valence-electron chi connectivity index (χ3n) is 1.38. The summed E-state index contributed by atoms with van der Waals surface area (Å²) in [6.45, 7) is -0.703. The van der Waals surface area contributed by atoms with Crippen LogP contribution >= 0.6 is 11.6 Å². The lowest BCUT2D eigenvalue weighted by molar-refractivity contribution is 0.0819. The molecule has 0 spiro atoms. The van der Waals surface area contributed by atoms with E-state index in [2.05, 4.69) is 0 Å². The van der Waals surface area contributed by atoms with Crippen molar-refractivity contribution in [2.24, 2.45) is 0 Å². The molecular formula is C9H6ClF2NO. The van der Waals surface area contributed by atoms with Gasteiger partial charge in [0, 0.05) is 5.02 Å². The number of rotatable bonds is 3. The number of benzene rings is 1. The van der Waals surface area contributed by atoms with Gasteiger partial charge >= 0.3 is 0 Å². The van der Waals surface area contributed by atoms with Crippen LogP contribution in [-0.4, -0.2) is 13.0 Å². The Morgan fingerprint density at radius 2 is 2.14 bits per heavy atom. The second-order valence-corrected chi connectivity index (χ2v) is 2.93. The Bertz CT molecular complexity index is 362. The van der Waals surface area contributed by atoms with Gasteiger partial charge in [-0.1, -0.05) is 11.6 Å². The first kappa shape index (κ1) is 10.7. The van der Waals surface area contributed by atoms with Crippen LogP contribution in [-0.2, 0) is 0 Å². The quantitative estimate of drug-likeness (QED) is 0.780. The summed E-state index contributed by atoms with van der Waals surface area (Å²) >= 11 is 5.63. The molecule has 0 fully saturated rings. The lowest BCUT2D eigenvalue weighted by Gasteiger charge is -2.05. The molecule has 1 aromatic carbocycles. The van der Waals surface area contributed by atoms with Gasteiger partial charge in [0.05, 0.1) is 11.6 Å². The second-order valence-electron chi connectivity index (χ2n) is 2.49. The maximum Gasteiger partial charge on any atom is 0.272 e. The van der Waals surface area contributed by atoms with Crippen LogP contribution in [0.5, 0.6) is 5.75 Å². The van der Waals surface area contributed by atoms with E-state index >= 15 is 0 Å². The highest BCUT2D eigenvalue weighted by Crippen LogP contribution is 2.20. The Hall–Kier alpha value is -1.34. The zero-order valence-electron chi connectivity index (χ0n) is 7.01. The van der Waals surface area contributed by atoms with E-state index in [0.717, 1.165) is 0 Å². The second kappa shape index (κ2) is 4.77. The maximum absolute atomic E-state index is 11.8. The molecule has 0 N–H and O–H groups in total. The van der Waals surface area contributed by atoms with Gasteiger partial charge in [-0.2, -0.15) is 5.26 Å². The van der Waals surface area contributed by atoms with Crippen molar-refractivity contribution in [3.8, 4) is 11.8 Å². The minimum absolute atomic E-state index is 0.175. The van der Waals surface area contributed by atoms with Gasteiger partial charge in [-0.15, -0.1) is 0 Å². The van der Waals surface area contributed by atoms with E-state index in [1.165, 1.54) is 18.2 Å². The molecule has 0 saturated carbocycles. The molecule has 0 saturated heterocycles. The van der Waals surface area contributed by atoms with Crippen molar-refractivity contribution in [2.45, 2.75) is 6.43 Å². The third-order valence-corrected chi connectivity index (χ3v) is 1.59. The maximum atomic E-state index is 11.8. The average Bonchev–Trinajstić information content (AvgIpc) is 2.14. The molecule has 5 heteroatoms. The first-order valence-electron chi connectivity index (χ1n) is 3.73. The van der Waals surface area contributed by atoms with Crippen LogP contribution in [0.4, 0.5) is 8.78 Å².